The van der Waals surface area contributed by atoms with Gasteiger partial charge in [-0.3, -0.25) is 4.72 Å². The van der Waals surface area contributed by atoms with E-state index in [0.29, 0.717) is 10.7 Å². The van der Waals surface area contributed by atoms with Crippen molar-refractivity contribution in [1.82, 2.24) is 4.98 Å². The first-order chi connectivity index (χ1) is 12.9. The number of aromatic nitrogens is 1. The van der Waals surface area contributed by atoms with E-state index in [-0.39, 0.29) is 0 Å². The number of benzene rings is 2. The third kappa shape index (κ3) is 3.93. The summed E-state index contributed by atoms with van der Waals surface area (Å²) in [6.07, 6.45) is 4.96. The Morgan fingerprint density at radius 3 is 2.81 bits per heavy atom. The van der Waals surface area contributed by atoms with Gasteiger partial charge >= 0.3 is 0 Å². The van der Waals surface area contributed by atoms with Crippen LogP contribution in [0.3, 0.4) is 0 Å². The van der Waals surface area contributed by atoms with Gasteiger partial charge in [-0.15, -0.1) is 11.3 Å². The summed E-state index contributed by atoms with van der Waals surface area (Å²) in [5, 5.41) is 0.713. The van der Waals surface area contributed by atoms with E-state index in [1.54, 1.807) is 17.4 Å². The number of nitrogens with one attached hydrogen (secondary N) is 1. The minimum Gasteiger partial charge on any atom is -0.284 e. The van der Waals surface area contributed by atoms with Crippen LogP contribution in [0.15, 0.2) is 48.0 Å². The van der Waals surface area contributed by atoms with Crippen LogP contribution in [0.4, 0.5) is 5.69 Å². The molecule has 0 unspecified atom stereocenters. The SMILES string of the molecule is CS(=O)(=O)Nc1cccc(/C=C2\c3scnc3CCc3cccc(Cl)c32)c1. The van der Waals surface area contributed by atoms with Gasteiger partial charge in [0, 0.05) is 21.8 Å². The number of halogens is 1. The second-order valence-electron chi connectivity index (χ2n) is 6.46. The lowest BCUT2D eigenvalue weighted by Crippen LogP contribution is -2.09. The molecule has 0 atom stereocenters. The highest BCUT2D eigenvalue weighted by Crippen LogP contribution is 2.40. The molecule has 0 saturated heterocycles. The summed E-state index contributed by atoms with van der Waals surface area (Å²) in [5.74, 6) is 0. The number of fused-ring (bicyclic) bond motifs is 2. The van der Waals surface area contributed by atoms with E-state index in [9.17, 15) is 8.42 Å². The second-order valence-corrected chi connectivity index (χ2v) is 9.47. The summed E-state index contributed by atoms with van der Waals surface area (Å²) in [4.78, 5) is 5.64. The van der Waals surface area contributed by atoms with Gasteiger partial charge in [0.25, 0.3) is 0 Å². The predicted octanol–water partition coefficient (Wildman–Crippen LogP) is 4.86. The van der Waals surface area contributed by atoms with Gasteiger partial charge in [-0.25, -0.2) is 13.4 Å². The summed E-state index contributed by atoms with van der Waals surface area (Å²) in [7, 11) is -3.33. The summed E-state index contributed by atoms with van der Waals surface area (Å²) in [6, 6.07) is 13.3. The van der Waals surface area contributed by atoms with Crippen molar-refractivity contribution < 1.29 is 8.42 Å². The number of aryl methyl sites for hydroxylation is 2. The lowest BCUT2D eigenvalue weighted by Gasteiger charge is -2.12. The smallest absolute Gasteiger partial charge is 0.229 e. The fourth-order valence-corrected chi connectivity index (χ4v) is 5.04. The van der Waals surface area contributed by atoms with Crippen molar-refractivity contribution in [2.24, 2.45) is 0 Å². The molecule has 2 aromatic carbocycles. The Kier molecular flexibility index (Phi) is 4.80. The van der Waals surface area contributed by atoms with Gasteiger partial charge in [-0.05, 0) is 48.2 Å². The minimum atomic E-state index is -3.33. The Hall–Kier alpha value is -2.15. The molecule has 1 aliphatic rings. The van der Waals surface area contributed by atoms with E-state index in [4.69, 9.17) is 11.6 Å². The van der Waals surface area contributed by atoms with E-state index in [1.807, 2.05) is 35.8 Å². The maximum atomic E-state index is 11.5. The van der Waals surface area contributed by atoms with E-state index in [1.165, 1.54) is 5.56 Å². The maximum Gasteiger partial charge on any atom is 0.229 e. The molecule has 7 heteroatoms. The standard InChI is InChI=1S/C20H17ClN2O2S2/c1-27(24,25)23-15-6-2-4-13(10-15)11-16-19-14(5-3-7-17(19)21)8-9-18-20(16)26-12-22-18/h2-7,10-12,23H,8-9H2,1H3/b16-11-. The first-order valence-electron chi connectivity index (χ1n) is 8.41. The molecule has 0 spiro atoms. The quantitative estimate of drug-likeness (QED) is 0.663. The number of rotatable bonds is 3. The van der Waals surface area contributed by atoms with Crippen molar-refractivity contribution in [3.05, 3.63) is 80.3 Å². The van der Waals surface area contributed by atoms with Crippen LogP contribution >= 0.6 is 22.9 Å². The van der Waals surface area contributed by atoms with Crippen LogP contribution in [0.1, 0.15) is 27.3 Å². The van der Waals surface area contributed by atoms with E-state index in [0.717, 1.165) is 46.4 Å². The van der Waals surface area contributed by atoms with Crippen LogP contribution < -0.4 is 4.72 Å². The predicted molar refractivity (Wildman–Crippen MR) is 113 cm³/mol. The lowest BCUT2D eigenvalue weighted by atomic mass is 9.97. The van der Waals surface area contributed by atoms with Crippen LogP contribution in [-0.4, -0.2) is 19.7 Å². The van der Waals surface area contributed by atoms with Crippen LogP contribution in [-0.2, 0) is 22.9 Å². The zero-order valence-corrected chi connectivity index (χ0v) is 17.0. The van der Waals surface area contributed by atoms with Crippen molar-refractivity contribution in [2.45, 2.75) is 12.8 Å². The summed E-state index contributed by atoms with van der Waals surface area (Å²) >= 11 is 8.18. The highest BCUT2D eigenvalue weighted by molar-refractivity contribution is 7.92. The summed E-state index contributed by atoms with van der Waals surface area (Å²) in [6.45, 7) is 0. The molecular formula is C20H17ClN2O2S2. The first-order valence-corrected chi connectivity index (χ1v) is 11.6. The van der Waals surface area contributed by atoms with Crippen molar-refractivity contribution in [3.8, 4) is 0 Å². The van der Waals surface area contributed by atoms with Gasteiger partial charge in [0.1, 0.15) is 0 Å². The van der Waals surface area contributed by atoms with E-state index >= 15 is 0 Å². The highest BCUT2D eigenvalue weighted by atomic mass is 35.5. The Balaban J connectivity index is 1.88. The van der Waals surface area contributed by atoms with Crippen molar-refractivity contribution in [3.63, 3.8) is 0 Å². The molecule has 0 radical (unpaired) electrons. The molecule has 138 valence electrons. The minimum absolute atomic E-state index is 0.532. The fourth-order valence-electron chi connectivity index (χ4n) is 3.32. The Bertz CT molecular complexity index is 1150. The highest BCUT2D eigenvalue weighted by Gasteiger charge is 2.22. The van der Waals surface area contributed by atoms with Gasteiger partial charge in [0.05, 0.1) is 22.3 Å². The molecule has 1 heterocycles. The number of hydrogen-bond acceptors (Lipinski definition) is 4. The van der Waals surface area contributed by atoms with Crippen LogP contribution in [0, 0.1) is 0 Å². The third-order valence-corrected chi connectivity index (χ3v) is 6.21. The zero-order valence-electron chi connectivity index (χ0n) is 14.6. The van der Waals surface area contributed by atoms with Gasteiger partial charge in [-0.2, -0.15) is 0 Å². The van der Waals surface area contributed by atoms with Gasteiger partial charge < -0.3 is 0 Å². The third-order valence-electron chi connectivity index (χ3n) is 4.39. The number of anilines is 1. The normalized spacial score (nSPS) is 15.1. The number of hydrogen-bond donors (Lipinski definition) is 1. The molecular weight excluding hydrogens is 400 g/mol. The van der Waals surface area contributed by atoms with Gasteiger partial charge in [-0.1, -0.05) is 35.9 Å². The molecule has 1 aromatic heterocycles. The number of sulfonamides is 1. The summed E-state index contributed by atoms with van der Waals surface area (Å²) < 4.78 is 25.6. The molecule has 0 aliphatic heterocycles. The molecule has 0 fully saturated rings. The molecule has 27 heavy (non-hydrogen) atoms. The lowest BCUT2D eigenvalue weighted by molar-refractivity contribution is 0.607. The number of nitrogens with zero attached hydrogens (tertiary/aromatic N) is 1. The van der Waals surface area contributed by atoms with Crippen molar-refractivity contribution in [1.29, 1.82) is 0 Å². The van der Waals surface area contributed by atoms with Gasteiger partial charge in [0.15, 0.2) is 0 Å². The summed E-state index contributed by atoms with van der Waals surface area (Å²) in [5.41, 5.74) is 7.62. The topological polar surface area (TPSA) is 59.1 Å². The zero-order chi connectivity index (χ0) is 19.0. The fraction of sp³-hybridized carbons (Fsp3) is 0.150. The molecule has 3 aromatic rings. The van der Waals surface area contributed by atoms with Crippen molar-refractivity contribution in [2.75, 3.05) is 11.0 Å². The van der Waals surface area contributed by atoms with Crippen LogP contribution in [0.25, 0.3) is 11.6 Å². The van der Waals surface area contributed by atoms with Crippen molar-refractivity contribution >= 4 is 50.3 Å². The molecule has 1 aliphatic carbocycles. The second kappa shape index (κ2) is 7.11. The molecule has 0 amide bonds. The van der Waals surface area contributed by atoms with E-state index < -0.39 is 10.0 Å². The first kappa shape index (κ1) is 18.2. The maximum absolute atomic E-state index is 11.5. The van der Waals surface area contributed by atoms with E-state index in [2.05, 4.69) is 21.8 Å². The average molecular weight is 417 g/mol. The average Bonchev–Trinajstić information content (AvgIpc) is 3.00. The Morgan fingerprint density at radius 2 is 2.00 bits per heavy atom. The molecule has 4 nitrogen and oxygen atoms in total. The van der Waals surface area contributed by atoms with Crippen LogP contribution in [0.2, 0.25) is 5.02 Å². The van der Waals surface area contributed by atoms with Crippen LogP contribution in [0.5, 0.6) is 0 Å². The molecule has 0 bridgehead atoms. The largest absolute Gasteiger partial charge is 0.284 e. The number of thiazole rings is 1. The Labute approximate surface area is 167 Å². The molecule has 0 saturated carbocycles. The van der Waals surface area contributed by atoms with Gasteiger partial charge in [0.2, 0.25) is 10.0 Å². The monoisotopic (exact) mass is 416 g/mol. The molecule has 4 rings (SSSR count). The Morgan fingerprint density at radius 1 is 1.19 bits per heavy atom. The molecule has 1 N–H and O–H groups in total.